The monoisotopic (exact) mass is 518 g/mol. The first-order valence-electron chi connectivity index (χ1n) is 13.1. The largest absolute Gasteiger partial charge is 0.466 e. The fourth-order valence-electron chi connectivity index (χ4n) is 4.60. The van der Waals surface area contributed by atoms with E-state index in [2.05, 4.69) is 18.9 Å². The third kappa shape index (κ3) is 5.77. The predicted molar refractivity (Wildman–Crippen MR) is 144 cm³/mol. The average Bonchev–Trinajstić information content (AvgIpc) is 2.92. The van der Waals surface area contributed by atoms with Crippen LogP contribution in [0.1, 0.15) is 66.7 Å². The number of rotatable bonds is 7. The summed E-state index contributed by atoms with van der Waals surface area (Å²) in [6.07, 6.45) is 1.21. The average molecular weight is 519 g/mol. The van der Waals surface area contributed by atoms with E-state index in [0.29, 0.717) is 31.0 Å². The SMILES string of the molecule is CCOC(=O)[C@H]1CCCN(C(=O)c2nn(-c3ccc(C(C)C)cc3)c(=O)n(Cc3ccc(C)cc3)c2=O)C1. The van der Waals surface area contributed by atoms with Gasteiger partial charge in [-0.25, -0.2) is 4.79 Å². The zero-order chi connectivity index (χ0) is 27.4. The summed E-state index contributed by atoms with van der Waals surface area (Å²) in [5.74, 6) is -1.12. The maximum Gasteiger partial charge on any atom is 0.352 e. The lowest BCUT2D eigenvalue weighted by Crippen LogP contribution is -2.49. The Labute approximate surface area is 221 Å². The molecule has 0 saturated carbocycles. The highest BCUT2D eigenvalue weighted by Gasteiger charge is 2.32. The van der Waals surface area contributed by atoms with E-state index in [1.54, 1.807) is 19.1 Å². The molecule has 2 aromatic carbocycles. The highest BCUT2D eigenvalue weighted by molar-refractivity contribution is 5.92. The molecule has 1 saturated heterocycles. The summed E-state index contributed by atoms with van der Waals surface area (Å²) in [6, 6.07) is 14.8. The number of esters is 1. The first kappa shape index (κ1) is 27.0. The van der Waals surface area contributed by atoms with Crippen molar-refractivity contribution in [2.45, 2.75) is 53.0 Å². The van der Waals surface area contributed by atoms with Gasteiger partial charge in [-0.15, -0.1) is 0 Å². The van der Waals surface area contributed by atoms with Crippen molar-refractivity contribution in [3.63, 3.8) is 0 Å². The normalized spacial score (nSPS) is 15.5. The van der Waals surface area contributed by atoms with Crippen LogP contribution >= 0.6 is 0 Å². The quantitative estimate of drug-likeness (QED) is 0.445. The summed E-state index contributed by atoms with van der Waals surface area (Å²) in [5.41, 5.74) is 1.60. The van der Waals surface area contributed by atoms with Gasteiger partial charge in [0.2, 0.25) is 5.69 Å². The van der Waals surface area contributed by atoms with Crippen molar-refractivity contribution in [1.29, 1.82) is 0 Å². The number of likely N-dealkylation sites (tertiary alicyclic amines) is 1. The van der Waals surface area contributed by atoms with Crippen molar-refractivity contribution >= 4 is 11.9 Å². The summed E-state index contributed by atoms with van der Waals surface area (Å²) in [4.78, 5) is 54.5. The van der Waals surface area contributed by atoms with Crippen LogP contribution in [-0.4, -0.2) is 50.8 Å². The number of hydrogen-bond acceptors (Lipinski definition) is 6. The second-order valence-electron chi connectivity index (χ2n) is 10.0. The summed E-state index contributed by atoms with van der Waals surface area (Å²) < 4.78 is 7.31. The van der Waals surface area contributed by atoms with Crippen LogP contribution in [0.2, 0.25) is 0 Å². The molecule has 0 N–H and O–H groups in total. The zero-order valence-corrected chi connectivity index (χ0v) is 22.3. The third-order valence-electron chi connectivity index (χ3n) is 6.86. The second kappa shape index (κ2) is 11.6. The van der Waals surface area contributed by atoms with E-state index < -0.39 is 23.1 Å². The lowest BCUT2D eigenvalue weighted by molar-refractivity contribution is -0.149. The van der Waals surface area contributed by atoms with E-state index in [-0.39, 0.29) is 31.4 Å². The van der Waals surface area contributed by atoms with Gasteiger partial charge in [0.15, 0.2) is 0 Å². The molecule has 0 spiro atoms. The summed E-state index contributed by atoms with van der Waals surface area (Å²) in [7, 11) is 0. The number of nitrogens with zero attached hydrogens (tertiary/aromatic N) is 4. The number of hydrogen-bond donors (Lipinski definition) is 0. The minimum atomic E-state index is -0.756. The maximum atomic E-state index is 13.6. The highest BCUT2D eigenvalue weighted by Crippen LogP contribution is 2.20. The van der Waals surface area contributed by atoms with Crippen LogP contribution in [0.3, 0.4) is 0 Å². The Balaban J connectivity index is 1.78. The molecular weight excluding hydrogens is 484 g/mol. The molecule has 1 aliphatic rings. The van der Waals surface area contributed by atoms with Crippen LogP contribution in [0.5, 0.6) is 0 Å². The van der Waals surface area contributed by atoms with Crippen molar-refractivity contribution in [2.24, 2.45) is 5.92 Å². The van der Waals surface area contributed by atoms with Gasteiger partial charge in [0.1, 0.15) is 0 Å². The van der Waals surface area contributed by atoms with E-state index in [1.807, 2.05) is 43.3 Å². The molecule has 9 nitrogen and oxygen atoms in total. The lowest BCUT2D eigenvalue weighted by Gasteiger charge is -2.31. The van der Waals surface area contributed by atoms with Crippen LogP contribution < -0.4 is 11.2 Å². The van der Waals surface area contributed by atoms with Gasteiger partial charge in [-0.1, -0.05) is 55.8 Å². The standard InChI is InChI=1S/C29H34N4O5/c1-5-38-28(36)23-7-6-16-31(18-23)26(34)25-27(35)32(17-21-10-8-20(4)9-11-21)29(37)33(30-25)24-14-12-22(13-15-24)19(2)3/h8-15,19,23H,5-7,16-18H2,1-4H3/t23-/m0/s1. The van der Waals surface area contributed by atoms with Gasteiger partial charge in [-0.05, 0) is 55.9 Å². The highest BCUT2D eigenvalue weighted by atomic mass is 16.5. The lowest BCUT2D eigenvalue weighted by atomic mass is 9.98. The van der Waals surface area contributed by atoms with Crippen LogP contribution in [0.15, 0.2) is 58.1 Å². The Morgan fingerprint density at radius 3 is 2.37 bits per heavy atom. The molecule has 2 heterocycles. The molecule has 1 aliphatic heterocycles. The van der Waals surface area contributed by atoms with Gasteiger partial charge in [0, 0.05) is 13.1 Å². The number of aromatic nitrogens is 3. The van der Waals surface area contributed by atoms with E-state index >= 15 is 0 Å². The van der Waals surface area contributed by atoms with Crippen molar-refractivity contribution in [2.75, 3.05) is 19.7 Å². The number of ether oxygens (including phenoxy) is 1. The van der Waals surface area contributed by atoms with Crippen LogP contribution in [0.25, 0.3) is 5.69 Å². The van der Waals surface area contributed by atoms with Gasteiger partial charge in [0.05, 0.1) is 24.8 Å². The summed E-state index contributed by atoms with van der Waals surface area (Å²) in [5, 5.41) is 4.28. The maximum absolute atomic E-state index is 13.6. The summed E-state index contributed by atoms with van der Waals surface area (Å²) in [6.45, 7) is 8.61. The molecule has 0 unspecified atom stereocenters. The number of amides is 1. The first-order chi connectivity index (χ1) is 18.2. The van der Waals surface area contributed by atoms with Crippen molar-refractivity contribution in [3.05, 3.63) is 91.8 Å². The van der Waals surface area contributed by atoms with Crippen LogP contribution in [-0.2, 0) is 16.1 Å². The fraction of sp³-hybridized carbons (Fsp3) is 0.414. The van der Waals surface area contributed by atoms with E-state index in [9.17, 15) is 19.2 Å². The molecule has 38 heavy (non-hydrogen) atoms. The Hall–Kier alpha value is -4.01. The number of carbonyl (C=O) groups is 2. The third-order valence-corrected chi connectivity index (χ3v) is 6.86. The molecule has 4 rings (SSSR count). The van der Waals surface area contributed by atoms with Crippen molar-refractivity contribution < 1.29 is 14.3 Å². The van der Waals surface area contributed by atoms with Crippen molar-refractivity contribution in [3.8, 4) is 5.69 Å². The summed E-state index contributed by atoms with van der Waals surface area (Å²) >= 11 is 0. The van der Waals surface area contributed by atoms with E-state index in [1.165, 1.54) is 4.90 Å². The van der Waals surface area contributed by atoms with Crippen LogP contribution in [0, 0.1) is 12.8 Å². The van der Waals surface area contributed by atoms with Gasteiger partial charge in [0.25, 0.3) is 11.5 Å². The topological polar surface area (TPSA) is 104 Å². The Kier molecular flexibility index (Phi) is 8.24. The molecule has 1 atom stereocenters. The Morgan fingerprint density at radius 1 is 1.05 bits per heavy atom. The predicted octanol–water partition coefficient (Wildman–Crippen LogP) is 3.29. The Morgan fingerprint density at radius 2 is 1.74 bits per heavy atom. The van der Waals surface area contributed by atoms with Gasteiger partial charge in [-0.2, -0.15) is 9.78 Å². The van der Waals surface area contributed by atoms with E-state index in [0.717, 1.165) is 25.9 Å². The Bertz CT molecular complexity index is 1420. The molecule has 1 fully saturated rings. The molecule has 3 aromatic rings. The van der Waals surface area contributed by atoms with Crippen molar-refractivity contribution in [1.82, 2.24) is 19.2 Å². The molecule has 0 aliphatic carbocycles. The first-order valence-corrected chi connectivity index (χ1v) is 13.1. The van der Waals surface area contributed by atoms with Gasteiger partial charge >= 0.3 is 11.7 Å². The number of benzene rings is 2. The molecule has 200 valence electrons. The zero-order valence-electron chi connectivity index (χ0n) is 22.3. The minimum Gasteiger partial charge on any atom is -0.466 e. The second-order valence-corrected chi connectivity index (χ2v) is 10.0. The number of carbonyl (C=O) groups excluding carboxylic acids is 2. The number of aryl methyl sites for hydroxylation is 1. The fourth-order valence-corrected chi connectivity index (χ4v) is 4.60. The minimum absolute atomic E-state index is 0.00370. The molecule has 9 heteroatoms. The molecular formula is C29H34N4O5. The molecule has 0 bridgehead atoms. The molecule has 0 radical (unpaired) electrons. The van der Waals surface area contributed by atoms with E-state index in [4.69, 9.17) is 4.74 Å². The molecule has 1 amide bonds. The van der Waals surface area contributed by atoms with Gasteiger partial charge < -0.3 is 9.64 Å². The van der Waals surface area contributed by atoms with Gasteiger partial charge in [-0.3, -0.25) is 19.0 Å². The van der Waals surface area contributed by atoms with Crippen LogP contribution in [0.4, 0.5) is 0 Å². The molecule has 1 aromatic heterocycles. The number of piperidine rings is 1. The smallest absolute Gasteiger partial charge is 0.352 e.